The Labute approximate surface area is 320 Å². The van der Waals surface area contributed by atoms with Gasteiger partial charge in [0.05, 0.1) is 38.8 Å². The molecule has 0 radical (unpaired) electrons. The van der Waals surface area contributed by atoms with Crippen LogP contribution in [0.5, 0.6) is 0 Å². The largest absolute Gasteiger partial charge is 0.308 e. The third-order valence-electron chi connectivity index (χ3n) is 12.0. The molecule has 0 bridgehead atoms. The van der Waals surface area contributed by atoms with Crippen molar-refractivity contribution in [1.82, 2.24) is 18.9 Å². The Balaban J connectivity index is 1.14. The number of fused-ring (bicyclic) bond motifs is 14. The molecule has 4 aromatic heterocycles. The Morgan fingerprint density at radius 1 is 0.339 bits per heavy atom. The van der Waals surface area contributed by atoms with Crippen LogP contribution in [-0.2, 0) is 0 Å². The van der Waals surface area contributed by atoms with E-state index in [1.807, 2.05) is 0 Å². The summed E-state index contributed by atoms with van der Waals surface area (Å²) < 4.78 is 4.79. The molecule has 0 saturated heterocycles. The first kappa shape index (κ1) is 29.8. The van der Waals surface area contributed by atoms with Crippen molar-refractivity contribution in [2.24, 2.45) is 0 Å². The minimum absolute atomic E-state index is 0.663. The third kappa shape index (κ3) is 3.97. The molecule has 4 heteroatoms. The predicted molar refractivity (Wildman–Crippen MR) is 234 cm³/mol. The molecule has 13 aromatic rings. The molecule has 0 aliphatic rings. The normalized spacial score (nSPS) is 12.3. The van der Waals surface area contributed by atoms with Gasteiger partial charge in [0, 0.05) is 43.3 Å². The van der Waals surface area contributed by atoms with Crippen LogP contribution in [0.4, 0.5) is 0 Å². The number of para-hydroxylation sites is 3. The van der Waals surface area contributed by atoms with Gasteiger partial charge in [-0.15, -0.1) is 0 Å². The second-order valence-corrected chi connectivity index (χ2v) is 15.0. The van der Waals surface area contributed by atoms with Gasteiger partial charge in [-0.1, -0.05) is 146 Å². The predicted octanol–water partition coefficient (Wildman–Crippen LogP) is 13.5. The highest BCUT2D eigenvalue weighted by atomic mass is 15.2. The molecule has 0 aliphatic carbocycles. The lowest BCUT2D eigenvalue weighted by molar-refractivity contribution is 1.01. The van der Waals surface area contributed by atoms with Gasteiger partial charge in [-0.25, -0.2) is 9.97 Å². The fourth-order valence-electron chi connectivity index (χ4n) is 9.58. The molecule has 0 N–H and O–H groups in total. The van der Waals surface area contributed by atoms with Crippen LogP contribution in [0.1, 0.15) is 0 Å². The molecule has 0 atom stereocenters. The first-order valence-electron chi connectivity index (χ1n) is 19.2. The summed E-state index contributed by atoms with van der Waals surface area (Å²) in [6.07, 6.45) is 0. The summed E-state index contributed by atoms with van der Waals surface area (Å²) in [6.45, 7) is 0. The standard InChI is InChI=1S/C52H30N4/c1-2-12-31(13-3-1)33-24-27-38-42-30-47-48(49-41-18-8-10-20-44(41)55(51(42)49)46(38)29-33)40-17-7-11-21-45(40)56(47)52-53-43-19-9-6-16-39(43)50(54-52)35-25-26-37-34(28-35)23-22-32-14-4-5-15-36(32)37/h1-30H. The molecule has 258 valence electrons. The molecule has 0 fully saturated rings. The van der Waals surface area contributed by atoms with E-state index in [1.54, 1.807) is 0 Å². The summed E-state index contributed by atoms with van der Waals surface area (Å²) in [5.41, 5.74) is 11.2. The first-order valence-corrected chi connectivity index (χ1v) is 19.2. The molecule has 13 rings (SSSR count). The number of nitrogens with zero attached hydrogens (tertiary/aromatic N) is 4. The van der Waals surface area contributed by atoms with Crippen molar-refractivity contribution in [2.75, 3.05) is 0 Å². The number of aromatic nitrogens is 4. The summed E-state index contributed by atoms with van der Waals surface area (Å²) in [7, 11) is 0. The topological polar surface area (TPSA) is 35.1 Å². The number of rotatable bonds is 3. The number of benzene rings is 9. The Bertz CT molecular complexity index is 3760. The highest BCUT2D eigenvalue weighted by Gasteiger charge is 2.25. The zero-order chi connectivity index (χ0) is 36.5. The second kappa shape index (κ2) is 11.0. The van der Waals surface area contributed by atoms with E-state index in [9.17, 15) is 0 Å². The van der Waals surface area contributed by atoms with Gasteiger partial charge in [0.2, 0.25) is 5.95 Å². The average molecular weight is 711 g/mol. The van der Waals surface area contributed by atoms with Crippen molar-refractivity contribution < 1.29 is 0 Å². The van der Waals surface area contributed by atoms with E-state index in [0.717, 1.165) is 33.2 Å². The molecule has 0 amide bonds. The third-order valence-corrected chi connectivity index (χ3v) is 12.0. The van der Waals surface area contributed by atoms with Gasteiger partial charge in [0.25, 0.3) is 0 Å². The maximum atomic E-state index is 5.52. The van der Waals surface area contributed by atoms with Crippen LogP contribution in [0, 0.1) is 0 Å². The van der Waals surface area contributed by atoms with E-state index in [4.69, 9.17) is 9.97 Å². The molecule has 4 nitrogen and oxygen atoms in total. The summed E-state index contributed by atoms with van der Waals surface area (Å²) in [5, 5.41) is 13.4. The Morgan fingerprint density at radius 2 is 1.00 bits per heavy atom. The lowest BCUT2D eigenvalue weighted by Gasteiger charge is -2.13. The van der Waals surface area contributed by atoms with Crippen LogP contribution in [0.15, 0.2) is 182 Å². The van der Waals surface area contributed by atoms with Crippen molar-refractivity contribution >= 4 is 92.3 Å². The lowest BCUT2D eigenvalue weighted by atomic mass is 9.98. The monoisotopic (exact) mass is 710 g/mol. The van der Waals surface area contributed by atoms with Gasteiger partial charge in [0.15, 0.2) is 0 Å². The zero-order valence-electron chi connectivity index (χ0n) is 30.1. The summed E-state index contributed by atoms with van der Waals surface area (Å²) in [5.74, 6) is 0.663. The van der Waals surface area contributed by atoms with Gasteiger partial charge in [-0.3, -0.25) is 4.57 Å². The highest BCUT2D eigenvalue weighted by molar-refractivity contribution is 6.35. The molecule has 56 heavy (non-hydrogen) atoms. The number of hydrogen-bond acceptors (Lipinski definition) is 2. The van der Waals surface area contributed by atoms with E-state index in [-0.39, 0.29) is 0 Å². The van der Waals surface area contributed by atoms with E-state index < -0.39 is 0 Å². The van der Waals surface area contributed by atoms with Gasteiger partial charge < -0.3 is 4.40 Å². The summed E-state index contributed by atoms with van der Waals surface area (Å²) in [6, 6.07) is 65.8. The Kier molecular flexibility index (Phi) is 5.86. The molecule has 9 aromatic carbocycles. The minimum atomic E-state index is 0.663. The molecule has 0 saturated carbocycles. The van der Waals surface area contributed by atoms with Crippen molar-refractivity contribution in [3.8, 4) is 28.3 Å². The first-order chi connectivity index (χ1) is 27.8. The van der Waals surface area contributed by atoms with Crippen molar-refractivity contribution in [3.63, 3.8) is 0 Å². The second-order valence-electron chi connectivity index (χ2n) is 15.0. The quantitative estimate of drug-likeness (QED) is 0.171. The molecular formula is C52H30N4. The van der Waals surface area contributed by atoms with Gasteiger partial charge in [-0.2, -0.15) is 0 Å². The fourth-order valence-corrected chi connectivity index (χ4v) is 9.58. The molecule has 0 spiro atoms. The smallest absolute Gasteiger partial charge is 0.235 e. The van der Waals surface area contributed by atoms with Crippen LogP contribution in [-0.4, -0.2) is 18.9 Å². The molecule has 4 heterocycles. The van der Waals surface area contributed by atoms with Crippen LogP contribution in [0.3, 0.4) is 0 Å². The van der Waals surface area contributed by atoms with Crippen LogP contribution < -0.4 is 0 Å². The van der Waals surface area contributed by atoms with Gasteiger partial charge in [-0.05, 0) is 69.1 Å². The average Bonchev–Trinajstić information content (AvgIpc) is 3.90. The maximum absolute atomic E-state index is 5.52. The van der Waals surface area contributed by atoms with E-state index >= 15 is 0 Å². The zero-order valence-corrected chi connectivity index (χ0v) is 30.1. The Morgan fingerprint density at radius 3 is 1.88 bits per heavy atom. The summed E-state index contributed by atoms with van der Waals surface area (Å²) >= 11 is 0. The van der Waals surface area contributed by atoms with Crippen LogP contribution in [0.25, 0.3) is 121 Å². The maximum Gasteiger partial charge on any atom is 0.235 e. The van der Waals surface area contributed by atoms with E-state index in [2.05, 4.69) is 191 Å². The highest BCUT2D eigenvalue weighted by Crippen LogP contribution is 2.47. The fraction of sp³-hybridized carbons (Fsp3) is 0. The van der Waals surface area contributed by atoms with E-state index in [1.165, 1.54) is 81.5 Å². The molecule has 0 aliphatic heterocycles. The molecule has 0 unspecified atom stereocenters. The van der Waals surface area contributed by atoms with Crippen molar-refractivity contribution in [1.29, 1.82) is 0 Å². The summed E-state index contributed by atoms with van der Waals surface area (Å²) in [4.78, 5) is 10.9. The van der Waals surface area contributed by atoms with E-state index in [0.29, 0.717) is 5.95 Å². The SMILES string of the molecule is c1ccc(-c2ccc3c4cc5c(c6ccccc6n5-c5nc(-c6ccc7c(ccc8ccccc87)c6)c6ccccc6n5)c5c6ccccc6n(c3c2)c45)cc1. The van der Waals surface area contributed by atoms with Crippen molar-refractivity contribution in [2.45, 2.75) is 0 Å². The minimum Gasteiger partial charge on any atom is -0.308 e. The number of hydrogen-bond donors (Lipinski definition) is 0. The van der Waals surface area contributed by atoms with Gasteiger partial charge >= 0.3 is 0 Å². The van der Waals surface area contributed by atoms with Crippen LogP contribution >= 0.6 is 0 Å². The Hall–Kier alpha value is -7.56. The lowest BCUT2D eigenvalue weighted by Crippen LogP contribution is -2.03. The van der Waals surface area contributed by atoms with Gasteiger partial charge in [0.1, 0.15) is 0 Å². The van der Waals surface area contributed by atoms with Crippen molar-refractivity contribution in [3.05, 3.63) is 182 Å². The van der Waals surface area contributed by atoms with Crippen LogP contribution in [0.2, 0.25) is 0 Å². The molecular weight excluding hydrogens is 681 g/mol.